The molecule has 2 aliphatic heterocycles. The van der Waals surface area contributed by atoms with Gasteiger partial charge in [0.2, 0.25) is 11.8 Å². The molecule has 3 fully saturated rings. The number of hydrogen-bond donors (Lipinski definition) is 2. The molecule has 3 aromatic carbocycles. The SMILES string of the molecule is CCCN1C(=O)C2CC=C3C(CC4C(=O)N(Nc5ccc(C)cc5)C(=O)C4(c4ccccc4)C3c3c(O)cccc3OC)C2C1=O. The van der Waals surface area contributed by atoms with E-state index in [1.54, 1.807) is 18.2 Å². The first kappa shape index (κ1) is 29.8. The number of hydrogen-bond acceptors (Lipinski definition) is 7. The molecule has 4 amide bonds. The summed E-state index contributed by atoms with van der Waals surface area (Å²) in [4.78, 5) is 58.7. The number of benzene rings is 3. The molecule has 9 nitrogen and oxygen atoms in total. The van der Waals surface area contributed by atoms with Crippen LogP contribution >= 0.6 is 0 Å². The molecule has 2 N–H and O–H groups in total. The van der Waals surface area contributed by atoms with E-state index in [2.05, 4.69) is 5.43 Å². The van der Waals surface area contributed by atoms with Crippen LogP contribution in [0.15, 0.2) is 84.4 Å². The van der Waals surface area contributed by atoms with E-state index in [0.717, 1.165) is 16.1 Å². The number of nitrogens with one attached hydrogen (secondary N) is 1. The van der Waals surface area contributed by atoms with Crippen LogP contribution in [0.5, 0.6) is 11.5 Å². The van der Waals surface area contributed by atoms with Gasteiger partial charge in [-0.1, -0.05) is 72.7 Å². The van der Waals surface area contributed by atoms with Crippen LogP contribution in [0.3, 0.4) is 0 Å². The van der Waals surface area contributed by atoms with Crippen LogP contribution < -0.4 is 10.2 Å². The Morgan fingerprint density at radius 2 is 1.65 bits per heavy atom. The normalized spacial score (nSPS) is 28.5. The Balaban J connectivity index is 1.48. The smallest absolute Gasteiger partial charge is 0.260 e. The van der Waals surface area contributed by atoms with E-state index >= 15 is 4.79 Å². The lowest BCUT2D eigenvalue weighted by molar-refractivity contribution is -0.141. The highest BCUT2D eigenvalue weighted by molar-refractivity contribution is 6.13. The average Bonchev–Trinajstić information content (AvgIpc) is 3.43. The van der Waals surface area contributed by atoms with E-state index in [9.17, 15) is 19.5 Å². The number of rotatable bonds is 7. The van der Waals surface area contributed by atoms with Crippen LogP contribution in [0.4, 0.5) is 5.69 Å². The molecule has 3 aromatic rings. The average molecular weight is 620 g/mol. The number of amides is 4. The van der Waals surface area contributed by atoms with Crippen LogP contribution in [-0.2, 0) is 24.6 Å². The zero-order valence-corrected chi connectivity index (χ0v) is 26.1. The van der Waals surface area contributed by atoms with Crippen molar-refractivity contribution in [2.75, 3.05) is 19.1 Å². The van der Waals surface area contributed by atoms with Crippen molar-refractivity contribution < 1.29 is 29.0 Å². The number of fused-ring (bicyclic) bond motifs is 4. The Labute approximate surface area is 267 Å². The number of methoxy groups -OCH3 is 1. The quantitative estimate of drug-likeness (QED) is 0.279. The maximum atomic E-state index is 15.2. The first-order chi connectivity index (χ1) is 22.2. The highest BCUT2D eigenvalue weighted by Gasteiger charge is 2.71. The first-order valence-electron chi connectivity index (χ1n) is 15.9. The minimum Gasteiger partial charge on any atom is -0.508 e. The van der Waals surface area contributed by atoms with Crippen molar-refractivity contribution in [3.63, 3.8) is 0 Å². The van der Waals surface area contributed by atoms with E-state index in [1.165, 1.54) is 12.0 Å². The molecule has 2 saturated heterocycles. The summed E-state index contributed by atoms with van der Waals surface area (Å²) in [5.41, 5.74) is 5.01. The Bertz CT molecular complexity index is 1770. The predicted octanol–water partition coefficient (Wildman–Crippen LogP) is 5.10. The molecule has 46 heavy (non-hydrogen) atoms. The van der Waals surface area contributed by atoms with Crippen molar-refractivity contribution >= 4 is 29.3 Å². The number of imide groups is 2. The summed E-state index contributed by atoms with van der Waals surface area (Å²) in [7, 11) is 1.51. The van der Waals surface area contributed by atoms with Crippen LogP contribution in [0.25, 0.3) is 0 Å². The highest BCUT2D eigenvalue weighted by atomic mass is 16.5. The molecule has 0 aromatic heterocycles. The largest absolute Gasteiger partial charge is 0.508 e. The van der Waals surface area contributed by atoms with Gasteiger partial charge in [0.05, 0.1) is 36.0 Å². The molecule has 236 valence electrons. The fourth-order valence-corrected chi connectivity index (χ4v) is 8.57. The van der Waals surface area contributed by atoms with Gasteiger partial charge in [-0.2, -0.15) is 5.01 Å². The van der Waals surface area contributed by atoms with E-state index in [0.29, 0.717) is 42.0 Å². The monoisotopic (exact) mass is 619 g/mol. The molecule has 4 aliphatic rings. The Hall–Kier alpha value is -4.92. The number of aromatic hydroxyl groups is 1. The molecule has 0 radical (unpaired) electrons. The zero-order chi connectivity index (χ0) is 32.3. The van der Waals surface area contributed by atoms with Gasteiger partial charge in [-0.25, -0.2) is 0 Å². The molecule has 6 atom stereocenters. The van der Waals surface area contributed by atoms with Gasteiger partial charge in [0.15, 0.2) is 0 Å². The second-order valence-corrected chi connectivity index (χ2v) is 12.8. The number of likely N-dealkylation sites (tertiary alicyclic amines) is 1. The number of carbonyl (C=O) groups excluding carboxylic acids is 4. The fraction of sp³-hybridized carbons (Fsp3) is 0.351. The molecule has 7 rings (SSSR count). The van der Waals surface area contributed by atoms with Gasteiger partial charge < -0.3 is 9.84 Å². The second kappa shape index (κ2) is 11.2. The van der Waals surface area contributed by atoms with Crippen LogP contribution in [0.1, 0.15) is 48.8 Å². The van der Waals surface area contributed by atoms with Crippen molar-refractivity contribution in [3.8, 4) is 11.5 Å². The number of phenols is 1. The van der Waals surface area contributed by atoms with Crippen molar-refractivity contribution in [1.29, 1.82) is 0 Å². The maximum Gasteiger partial charge on any atom is 0.260 e. The van der Waals surface area contributed by atoms with Crippen molar-refractivity contribution in [1.82, 2.24) is 9.91 Å². The van der Waals surface area contributed by atoms with E-state index in [1.807, 2.05) is 74.5 Å². The molecule has 2 aliphatic carbocycles. The molecule has 0 bridgehead atoms. The molecular formula is C37H37N3O6. The Morgan fingerprint density at radius 1 is 0.913 bits per heavy atom. The van der Waals surface area contributed by atoms with E-state index < -0.39 is 46.8 Å². The van der Waals surface area contributed by atoms with Gasteiger partial charge in [0.25, 0.3) is 11.8 Å². The Kier molecular flexibility index (Phi) is 7.22. The number of hydrazine groups is 1. The number of allylic oxidation sites excluding steroid dienone is 2. The standard InChI is InChI=1S/C37H37N3O6/c1-4-19-39-33(42)25-18-17-24-26(30(25)35(39)44)20-27-34(43)40(38-23-15-13-21(2)14-16-23)36(45)37(27,22-9-6-5-7-10-22)32(24)31-28(41)11-8-12-29(31)46-3/h5-17,25-27,30,32,38,41H,4,18-20H2,1-3H3. The summed E-state index contributed by atoms with van der Waals surface area (Å²) in [6.07, 6.45) is 3.16. The van der Waals surface area contributed by atoms with Gasteiger partial charge in [0, 0.05) is 18.0 Å². The number of carbonyl (C=O) groups is 4. The van der Waals surface area contributed by atoms with Gasteiger partial charge in [-0.05, 0) is 61.9 Å². The minimum absolute atomic E-state index is 0.0753. The molecule has 1 saturated carbocycles. The lowest BCUT2D eigenvalue weighted by Crippen LogP contribution is -2.53. The number of aryl methyl sites for hydroxylation is 1. The van der Waals surface area contributed by atoms with Gasteiger partial charge >= 0.3 is 0 Å². The molecule has 0 spiro atoms. The molecule has 9 heteroatoms. The number of ether oxygens (including phenoxy) is 1. The zero-order valence-electron chi connectivity index (χ0n) is 26.1. The minimum atomic E-state index is -1.48. The van der Waals surface area contributed by atoms with Crippen molar-refractivity contribution in [2.45, 2.75) is 44.4 Å². The fourth-order valence-electron chi connectivity index (χ4n) is 8.57. The van der Waals surface area contributed by atoms with Crippen molar-refractivity contribution in [3.05, 3.63) is 101 Å². The number of anilines is 1. The first-order valence-corrected chi connectivity index (χ1v) is 15.9. The molecular weight excluding hydrogens is 582 g/mol. The van der Waals surface area contributed by atoms with E-state index in [-0.39, 0.29) is 24.0 Å². The second-order valence-electron chi connectivity index (χ2n) is 12.8. The summed E-state index contributed by atoms with van der Waals surface area (Å²) in [6, 6.07) is 21.6. The predicted molar refractivity (Wildman–Crippen MR) is 170 cm³/mol. The van der Waals surface area contributed by atoms with Gasteiger partial charge in [0.1, 0.15) is 11.5 Å². The van der Waals surface area contributed by atoms with Gasteiger partial charge in [-0.15, -0.1) is 0 Å². The Morgan fingerprint density at radius 3 is 2.35 bits per heavy atom. The number of phenolic OH excluding ortho intramolecular Hbond substituents is 1. The maximum absolute atomic E-state index is 15.2. The summed E-state index contributed by atoms with van der Waals surface area (Å²) >= 11 is 0. The van der Waals surface area contributed by atoms with Gasteiger partial charge in [-0.3, -0.25) is 29.5 Å². The molecule has 2 heterocycles. The van der Waals surface area contributed by atoms with Crippen LogP contribution in [0, 0.1) is 30.6 Å². The van der Waals surface area contributed by atoms with Crippen LogP contribution in [-0.4, -0.2) is 52.3 Å². The molecule has 6 unspecified atom stereocenters. The van der Waals surface area contributed by atoms with Crippen LogP contribution in [0.2, 0.25) is 0 Å². The summed E-state index contributed by atoms with van der Waals surface area (Å²) in [6.45, 7) is 4.23. The summed E-state index contributed by atoms with van der Waals surface area (Å²) in [5.74, 6) is -4.43. The summed E-state index contributed by atoms with van der Waals surface area (Å²) < 4.78 is 5.82. The third kappa shape index (κ3) is 4.13. The highest BCUT2D eigenvalue weighted by Crippen LogP contribution is 2.65. The van der Waals surface area contributed by atoms with Crippen molar-refractivity contribution in [2.24, 2.45) is 23.7 Å². The summed E-state index contributed by atoms with van der Waals surface area (Å²) in [5, 5.41) is 12.7. The third-order valence-electron chi connectivity index (χ3n) is 10.5. The third-order valence-corrected chi connectivity index (χ3v) is 10.5. The number of nitrogens with zero attached hydrogens (tertiary/aromatic N) is 2. The lowest BCUT2D eigenvalue weighted by atomic mass is 9.49. The topological polar surface area (TPSA) is 116 Å². The lowest BCUT2D eigenvalue weighted by Gasteiger charge is -2.50. The van der Waals surface area contributed by atoms with E-state index in [4.69, 9.17) is 4.74 Å².